The summed E-state index contributed by atoms with van der Waals surface area (Å²) in [6.45, 7) is 6.43. The fourth-order valence-corrected chi connectivity index (χ4v) is 2.91. The molecule has 0 saturated carbocycles. The van der Waals surface area contributed by atoms with Gasteiger partial charge in [0.05, 0.1) is 0 Å². The Hall–Kier alpha value is -1.29. The van der Waals surface area contributed by atoms with Crippen LogP contribution in [0.3, 0.4) is 0 Å². The molecule has 1 aromatic heterocycles. The van der Waals surface area contributed by atoms with E-state index < -0.39 is 0 Å². The van der Waals surface area contributed by atoms with Crippen molar-refractivity contribution in [1.82, 2.24) is 25.4 Å². The fraction of sp³-hybridized carbons (Fsp3) is 0.438. The van der Waals surface area contributed by atoms with Gasteiger partial charge in [0, 0.05) is 30.3 Å². The van der Waals surface area contributed by atoms with Gasteiger partial charge in [0.2, 0.25) is 0 Å². The van der Waals surface area contributed by atoms with E-state index in [9.17, 15) is 0 Å². The molecule has 24 heavy (non-hydrogen) atoms. The average Bonchev–Trinajstić information content (AvgIpc) is 2.96. The van der Waals surface area contributed by atoms with E-state index in [2.05, 4.69) is 63.8 Å². The molecule has 1 aromatic carbocycles. The third-order valence-electron chi connectivity index (χ3n) is 3.17. The highest BCUT2D eigenvalue weighted by Gasteiger charge is 2.06. The normalized spacial score (nSPS) is 12.4. The number of guanidine groups is 1. The first-order valence-corrected chi connectivity index (χ1v) is 8.63. The van der Waals surface area contributed by atoms with E-state index in [4.69, 9.17) is 0 Å². The predicted octanol–water partition coefficient (Wildman–Crippen LogP) is 2.67. The Morgan fingerprint density at radius 1 is 1.29 bits per heavy atom. The lowest BCUT2D eigenvalue weighted by atomic mass is 10.4. The van der Waals surface area contributed by atoms with Crippen molar-refractivity contribution < 1.29 is 0 Å². The second-order valence-corrected chi connectivity index (χ2v) is 6.63. The highest BCUT2D eigenvalue weighted by molar-refractivity contribution is 14.0. The predicted molar refractivity (Wildman–Crippen MR) is 111 cm³/mol. The summed E-state index contributed by atoms with van der Waals surface area (Å²) in [4.78, 5) is 10.0. The fourth-order valence-electron chi connectivity index (χ4n) is 1.97. The van der Waals surface area contributed by atoms with Crippen LogP contribution in [0.15, 0.2) is 46.5 Å². The maximum Gasteiger partial charge on any atom is 0.191 e. The quantitative estimate of drug-likeness (QED) is 0.288. The number of benzene rings is 1. The molecule has 2 rings (SSSR count). The lowest BCUT2D eigenvalue weighted by molar-refractivity contribution is 0.697. The smallest absolute Gasteiger partial charge is 0.191 e. The second kappa shape index (κ2) is 11.3. The highest BCUT2D eigenvalue weighted by atomic mass is 127. The van der Waals surface area contributed by atoms with Crippen LogP contribution < -0.4 is 10.6 Å². The molecule has 2 aromatic rings. The van der Waals surface area contributed by atoms with Gasteiger partial charge in [-0.3, -0.25) is 4.68 Å². The Morgan fingerprint density at radius 2 is 2.04 bits per heavy atom. The monoisotopic (exact) mass is 460 g/mol. The molecule has 132 valence electrons. The van der Waals surface area contributed by atoms with Crippen molar-refractivity contribution in [2.45, 2.75) is 30.5 Å². The van der Waals surface area contributed by atoms with E-state index in [1.807, 2.05) is 24.9 Å². The maximum absolute atomic E-state index is 4.56. The van der Waals surface area contributed by atoms with Crippen LogP contribution in [0.5, 0.6) is 0 Å². The average molecular weight is 460 g/mol. The molecule has 0 saturated heterocycles. The van der Waals surface area contributed by atoms with Crippen molar-refractivity contribution in [3.8, 4) is 0 Å². The molecule has 0 aliphatic heterocycles. The Kier molecular flexibility index (Phi) is 9.77. The van der Waals surface area contributed by atoms with Crippen LogP contribution in [0.2, 0.25) is 0 Å². The molecule has 1 heterocycles. The molecule has 0 amide bonds. The van der Waals surface area contributed by atoms with Crippen molar-refractivity contribution in [3.05, 3.63) is 42.5 Å². The van der Waals surface area contributed by atoms with E-state index in [0.717, 1.165) is 24.9 Å². The minimum Gasteiger partial charge on any atom is -0.357 e. The van der Waals surface area contributed by atoms with E-state index in [1.54, 1.807) is 11.0 Å². The lowest BCUT2D eigenvalue weighted by Gasteiger charge is -2.15. The summed E-state index contributed by atoms with van der Waals surface area (Å²) in [7, 11) is 1.87. The Morgan fingerprint density at radius 3 is 2.67 bits per heavy atom. The number of halogens is 1. The molecule has 0 aliphatic carbocycles. The number of nitrogens with one attached hydrogen (secondary N) is 2. The molecule has 0 radical (unpaired) electrons. The van der Waals surface area contributed by atoms with E-state index >= 15 is 0 Å². The second-order valence-electron chi connectivity index (χ2n) is 5.12. The van der Waals surface area contributed by atoms with Gasteiger partial charge in [0.25, 0.3) is 0 Å². The standard InChI is InChI=1S/C16H24N6S.HI/c1-4-17-16(19-11-15-20-12-21-22(15)3)18-10-13(2)23-14-8-6-5-7-9-14;/h5-9,12-13H,4,10-11H2,1-3H3,(H2,17,18,19);1H. The van der Waals surface area contributed by atoms with Gasteiger partial charge in [-0.1, -0.05) is 25.1 Å². The van der Waals surface area contributed by atoms with Crippen molar-refractivity contribution in [2.24, 2.45) is 12.0 Å². The Balaban J connectivity index is 0.00000288. The number of aryl methyl sites for hydroxylation is 1. The van der Waals surface area contributed by atoms with Gasteiger partial charge in [-0.15, -0.1) is 35.7 Å². The number of hydrogen-bond acceptors (Lipinski definition) is 4. The van der Waals surface area contributed by atoms with Crippen LogP contribution >= 0.6 is 35.7 Å². The molecule has 6 nitrogen and oxygen atoms in total. The first-order valence-electron chi connectivity index (χ1n) is 7.75. The molecule has 0 bridgehead atoms. The topological polar surface area (TPSA) is 67.1 Å². The van der Waals surface area contributed by atoms with Crippen molar-refractivity contribution >= 4 is 41.7 Å². The van der Waals surface area contributed by atoms with Crippen LogP contribution in [0.1, 0.15) is 19.7 Å². The summed E-state index contributed by atoms with van der Waals surface area (Å²) in [6, 6.07) is 10.4. The number of rotatable bonds is 7. The van der Waals surface area contributed by atoms with Gasteiger partial charge in [0.15, 0.2) is 5.96 Å². The molecule has 0 aliphatic rings. The molecule has 0 spiro atoms. The van der Waals surface area contributed by atoms with Crippen LogP contribution in [0.4, 0.5) is 0 Å². The largest absolute Gasteiger partial charge is 0.357 e. The van der Waals surface area contributed by atoms with Crippen molar-refractivity contribution in [3.63, 3.8) is 0 Å². The Bertz CT molecular complexity index is 616. The van der Waals surface area contributed by atoms with Crippen LogP contribution in [0.25, 0.3) is 0 Å². The van der Waals surface area contributed by atoms with Gasteiger partial charge in [0.1, 0.15) is 18.7 Å². The zero-order chi connectivity index (χ0) is 16.5. The van der Waals surface area contributed by atoms with Crippen molar-refractivity contribution in [1.29, 1.82) is 0 Å². The molecule has 2 N–H and O–H groups in total. The number of aromatic nitrogens is 3. The first kappa shape index (κ1) is 20.8. The number of aliphatic imine (C=N–C) groups is 1. The summed E-state index contributed by atoms with van der Waals surface area (Å²) in [6.07, 6.45) is 1.55. The molecule has 8 heteroatoms. The molecule has 1 atom stereocenters. The summed E-state index contributed by atoms with van der Waals surface area (Å²) < 4.78 is 1.74. The van der Waals surface area contributed by atoms with Crippen LogP contribution in [-0.4, -0.2) is 39.1 Å². The number of hydrogen-bond donors (Lipinski definition) is 2. The third-order valence-corrected chi connectivity index (χ3v) is 4.28. The van der Waals surface area contributed by atoms with Gasteiger partial charge in [-0.25, -0.2) is 9.98 Å². The SMILES string of the molecule is CCNC(=NCc1ncnn1C)NCC(C)Sc1ccccc1.I. The number of nitrogens with zero attached hydrogens (tertiary/aromatic N) is 4. The summed E-state index contributed by atoms with van der Waals surface area (Å²) in [5, 5.41) is 11.1. The van der Waals surface area contributed by atoms with E-state index in [1.165, 1.54) is 4.90 Å². The van der Waals surface area contributed by atoms with Gasteiger partial charge < -0.3 is 10.6 Å². The first-order chi connectivity index (χ1) is 11.2. The zero-order valence-electron chi connectivity index (χ0n) is 14.3. The van der Waals surface area contributed by atoms with Gasteiger partial charge in [-0.05, 0) is 19.1 Å². The Labute approximate surface area is 164 Å². The summed E-state index contributed by atoms with van der Waals surface area (Å²) in [5.41, 5.74) is 0. The minimum atomic E-state index is 0. The van der Waals surface area contributed by atoms with Gasteiger partial charge in [-0.2, -0.15) is 5.10 Å². The summed E-state index contributed by atoms with van der Waals surface area (Å²) in [5.74, 6) is 1.64. The zero-order valence-corrected chi connectivity index (χ0v) is 17.4. The molecular weight excluding hydrogens is 435 g/mol. The molecular formula is C16H25IN6S. The van der Waals surface area contributed by atoms with Crippen molar-refractivity contribution in [2.75, 3.05) is 13.1 Å². The molecule has 0 fully saturated rings. The molecule has 1 unspecified atom stereocenters. The van der Waals surface area contributed by atoms with Crippen LogP contribution in [0, 0.1) is 0 Å². The minimum absolute atomic E-state index is 0. The van der Waals surface area contributed by atoms with E-state index in [-0.39, 0.29) is 24.0 Å². The third kappa shape index (κ3) is 7.08. The van der Waals surface area contributed by atoms with E-state index in [0.29, 0.717) is 11.8 Å². The lowest BCUT2D eigenvalue weighted by Crippen LogP contribution is -2.40. The maximum atomic E-state index is 4.56. The number of thioether (sulfide) groups is 1. The van der Waals surface area contributed by atoms with Gasteiger partial charge >= 0.3 is 0 Å². The summed E-state index contributed by atoms with van der Waals surface area (Å²) >= 11 is 1.85. The highest BCUT2D eigenvalue weighted by Crippen LogP contribution is 2.21. The van der Waals surface area contributed by atoms with Crippen LogP contribution in [-0.2, 0) is 13.6 Å².